The summed E-state index contributed by atoms with van der Waals surface area (Å²) in [5.41, 5.74) is 7.09. The molecule has 0 saturated heterocycles. The largest absolute Gasteiger partial charge is 0.493 e. The fourth-order valence-corrected chi connectivity index (χ4v) is 8.58. The number of hydrogen-bond acceptors (Lipinski definition) is 13. The van der Waals surface area contributed by atoms with Crippen molar-refractivity contribution in [2.24, 2.45) is 11.7 Å². The average Bonchev–Trinajstić information content (AvgIpc) is 4.01. The Morgan fingerprint density at radius 2 is 1.57 bits per heavy atom. The van der Waals surface area contributed by atoms with E-state index in [0.29, 0.717) is 92.8 Å². The van der Waals surface area contributed by atoms with Crippen molar-refractivity contribution in [3.63, 3.8) is 0 Å². The van der Waals surface area contributed by atoms with Gasteiger partial charge in [0.15, 0.2) is 23.0 Å². The number of hydrogen-bond donors (Lipinski definition) is 5. The molecule has 4 heterocycles. The Morgan fingerprint density at radius 3 is 2.25 bits per heavy atom. The Hall–Kier alpha value is -8.10. The highest BCUT2D eigenvalue weighted by molar-refractivity contribution is 6.15. The van der Waals surface area contributed by atoms with Crippen LogP contribution in [0.1, 0.15) is 57.9 Å². The molecule has 0 fully saturated rings. The SMILES string of the molecule is COc1cc2c(=O)n(CCN(C)C(=O)OCc3ccc(NC(=O)[C@H](CCCNC(N)=O)NC(=O)[C@@H](NC(=O)CCCCCN4CC=CC4=O)C(C)C)cc3)c3c4cc5c(cc4ncc3c2cc1OC)OCO5. The van der Waals surface area contributed by atoms with Gasteiger partial charge < -0.3 is 65.1 Å². The monoisotopic (exact) mass is 991 g/mol. The number of nitrogens with one attached hydrogen (secondary N) is 4. The lowest BCUT2D eigenvalue weighted by Crippen LogP contribution is -2.54. The maximum Gasteiger partial charge on any atom is 0.409 e. The summed E-state index contributed by atoms with van der Waals surface area (Å²) in [4.78, 5) is 98.9. The number of pyridine rings is 2. The van der Waals surface area contributed by atoms with Gasteiger partial charge in [-0.1, -0.05) is 38.5 Å². The third-order valence-electron chi connectivity index (χ3n) is 12.5. The lowest BCUT2D eigenvalue weighted by Gasteiger charge is -2.25. The molecule has 0 bridgehead atoms. The summed E-state index contributed by atoms with van der Waals surface area (Å²) in [5, 5.41) is 13.2. The topological polar surface area (TPSA) is 264 Å². The Morgan fingerprint density at radius 1 is 0.847 bits per heavy atom. The molecule has 0 saturated carbocycles. The highest BCUT2D eigenvalue weighted by Crippen LogP contribution is 2.40. The van der Waals surface area contributed by atoms with Gasteiger partial charge in [-0.15, -0.1) is 0 Å². The van der Waals surface area contributed by atoms with Crippen LogP contribution in [0.15, 0.2) is 71.7 Å². The number of fused-ring (bicyclic) bond motifs is 6. The third kappa shape index (κ3) is 12.4. The summed E-state index contributed by atoms with van der Waals surface area (Å²) in [6.45, 7) is 5.08. The van der Waals surface area contributed by atoms with Gasteiger partial charge in [-0.2, -0.15) is 0 Å². The van der Waals surface area contributed by atoms with Crippen LogP contribution in [0, 0.1) is 5.92 Å². The molecule has 2 atom stereocenters. The maximum atomic E-state index is 14.4. The van der Waals surface area contributed by atoms with Crippen molar-refractivity contribution in [1.82, 2.24) is 35.3 Å². The Balaban J connectivity index is 0.959. The van der Waals surface area contributed by atoms with Crippen molar-refractivity contribution in [2.45, 2.75) is 77.6 Å². The normalized spacial score (nSPS) is 13.6. The van der Waals surface area contributed by atoms with Gasteiger partial charge in [0.25, 0.3) is 5.56 Å². The van der Waals surface area contributed by atoms with Crippen molar-refractivity contribution in [3.8, 4) is 23.0 Å². The molecule has 0 spiro atoms. The summed E-state index contributed by atoms with van der Waals surface area (Å²) in [6.07, 6.45) is 7.13. The molecular weight excluding hydrogens is 931 g/mol. The van der Waals surface area contributed by atoms with E-state index in [2.05, 4.69) is 21.3 Å². The van der Waals surface area contributed by atoms with Gasteiger partial charge in [-0.3, -0.25) is 29.0 Å². The van der Waals surface area contributed by atoms with Gasteiger partial charge in [-0.25, -0.2) is 9.59 Å². The minimum absolute atomic E-state index is 0.0104. The van der Waals surface area contributed by atoms with Crippen LogP contribution < -0.4 is 51.5 Å². The molecule has 7 amide bonds. The zero-order chi connectivity index (χ0) is 51.5. The van der Waals surface area contributed by atoms with Crippen LogP contribution in [0.5, 0.6) is 23.0 Å². The fourth-order valence-electron chi connectivity index (χ4n) is 8.58. The standard InChI is InChI=1S/C51H61N9O12/c1-30(2)45(57-43(61)12-7-6-8-19-59-20-10-13-44(59)62)48(64)56-37(11-9-18-53-50(52)66)47(63)55-32-16-14-31(15-17-32)28-70-51(67)58(3)21-22-60-46-35-25-41-42(72-29-71-41)26-38(35)54-27-36(46)33-23-39(68-4)40(69-5)24-34(33)49(60)65/h10,13-17,23-27,30,37,45H,6-9,11-12,18-22,28-29H2,1-5H3,(H,55,63)(H,56,64)(H,57,61)(H3,52,53,66)/t37-,45-/m0/s1. The Kier molecular flexibility index (Phi) is 17.0. The molecule has 21 heteroatoms. The van der Waals surface area contributed by atoms with Crippen molar-refractivity contribution in [2.75, 3.05) is 59.6 Å². The van der Waals surface area contributed by atoms with Gasteiger partial charge in [0, 0.05) is 86.4 Å². The molecule has 6 N–H and O–H groups in total. The number of unbranched alkanes of at least 4 members (excludes halogenated alkanes) is 2. The van der Waals surface area contributed by atoms with E-state index in [1.807, 2.05) is 6.08 Å². The van der Waals surface area contributed by atoms with Gasteiger partial charge in [0.1, 0.15) is 18.7 Å². The lowest BCUT2D eigenvalue weighted by atomic mass is 10.0. The summed E-state index contributed by atoms with van der Waals surface area (Å²) in [6, 6.07) is 10.9. The average molecular weight is 992 g/mol. The van der Waals surface area contributed by atoms with Crippen LogP contribution in [-0.2, 0) is 37.1 Å². The number of primary amides is 1. The van der Waals surface area contributed by atoms with E-state index in [4.69, 9.17) is 34.4 Å². The van der Waals surface area contributed by atoms with E-state index in [9.17, 15) is 33.6 Å². The molecule has 3 aromatic carbocycles. The summed E-state index contributed by atoms with van der Waals surface area (Å²) in [7, 11) is 4.58. The van der Waals surface area contributed by atoms with E-state index < -0.39 is 36.0 Å². The molecule has 0 radical (unpaired) electrons. The van der Waals surface area contributed by atoms with E-state index in [0.717, 1.165) is 12.8 Å². The molecular formula is C51H61N9O12. The maximum absolute atomic E-state index is 14.4. The zero-order valence-electron chi connectivity index (χ0n) is 41.0. The summed E-state index contributed by atoms with van der Waals surface area (Å²) < 4.78 is 29.6. The highest BCUT2D eigenvalue weighted by atomic mass is 16.7. The van der Waals surface area contributed by atoms with Crippen LogP contribution in [0.25, 0.3) is 32.6 Å². The Labute approximate surface area is 415 Å². The van der Waals surface area contributed by atoms with Gasteiger partial charge in [0.2, 0.25) is 30.4 Å². The summed E-state index contributed by atoms with van der Waals surface area (Å²) in [5.74, 6) is 0.195. The first kappa shape index (κ1) is 51.7. The summed E-state index contributed by atoms with van der Waals surface area (Å²) >= 11 is 0. The molecule has 5 aromatic rings. The number of aromatic nitrogens is 2. The van der Waals surface area contributed by atoms with Crippen molar-refractivity contribution >= 4 is 74.0 Å². The number of nitrogens with two attached hydrogens (primary N) is 1. The van der Waals surface area contributed by atoms with E-state index >= 15 is 0 Å². The third-order valence-corrected chi connectivity index (χ3v) is 12.5. The number of benzene rings is 3. The minimum Gasteiger partial charge on any atom is -0.493 e. The van der Waals surface area contributed by atoms with Crippen LogP contribution in [0.4, 0.5) is 15.3 Å². The second-order valence-electron chi connectivity index (χ2n) is 17.9. The number of urea groups is 1. The predicted molar refractivity (Wildman–Crippen MR) is 268 cm³/mol. The van der Waals surface area contributed by atoms with E-state index in [1.54, 1.807) is 91.2 Å². The first-order chi connectivity index (χ1) is 34.6. The number of carbonyl (C=O) groups excluding carboxylic acids is 6. The molecule has 0 unspecified atom stereocenters. The zero-order valence-corrected chi connectivity index (χ0v) is 41.0. The van der Waals surface area contributed by atoms with Gasteiger partial charge in [-0.05, 0) is 67.5 Å². The smallest absolute Gasteiger partial charge is 0.409 e. The van der Waals surface area contributed by atoms with E-state index in [1.165, 1.54) is 19.1 Å². The first-order valence-corrected chi connectivity index (χ1v) is 23.8. The van der Waals surface area contributed by atoms with Crippen LogP contribution >= 0.6 is 0 Å². The number of amides is 7. The number of likely N-dealkylation sites (N-methyl/N-ethyl adjacent to an activating group) is 1. The first-order valence-electron chi connectivity index (χ1n) is 23.8. The molecule has 2 aromatic heterocycles. The second-order valence-corrected chi connectivity index (χ2v) is 17.9. The molecule has 7 rings (SSSR count). The quantitative estimate of drug-likeness (QED) is 0.0440. The Bertz CT molecular complexity index is 2940. The lowest BCUT2D eigenvalue weighted by molar-refractivity contribution is -0.132. The van der Waals surface area contributed by atoms with Crippen molar-refractivity contribution in [1.29, 1.82) is 0 Å². The van der Waals surface area contributed by atoms with Crippen LogP contribution in [-0.4, -0.2) is 121 Å². The number of ether oxygens (including phenoxy) is 5. The van der Waals surface area contributed by atoms with Gasteiger partial charge in [0.05, 0.1) is 30.6 Å². The molecule has 2 aliphatic rings. The molecule has 382 valence electrons. The number of anilines is 1. The number of rotatable bonds is 23. The predicted octanol–water partition coefficient (Wildman–Crippen LogP) is 4.69. The molecule has 2 aliphatic heterocycles. The molecule has 21 nitrogen and oxygen atoms in total. The second kappa shape index (κ2) is 23.7. The highest BCUT2D eigenvalue weighted by Gasteiger charge is 2.29. The van der Waals surface area contributed by atoms with E-state index in [-0.39, 0.29) is 69.2 Å². The van der Waals surface area contributed by atoms with Crippen LogP contribution in [0.3, 0.4) is 0 Å². The minimum atomic E-state index is -1.04. The number of carbonyl (C=O) groups is 6. The van der Waals surface area contributed by atoms with Crippen molar-refractivity contribution in [3.05, 3.63) is 82.8 Å². The van der Waals surface area contributed by atoms with Crippen molar-refractivity contribution < 1.29 is 52.5 Å². The molecule has 72 heavy (non-hydrogen) atoms. The fraction of sp³-hybridized carbons (Fsp3) is 0.412. The number of methoxy groups -OCH3 is 2. The number of nitrogens with zero attached hydrogens (tertiary/aromatic N) is 4. The van der Waals surface area contributed by atoms with Crippen LogP contribution in [0.2, 0.25) is 0 Å². The van der Waals surface area contributed by atoms with Gasteiger partial charge >= 0.3 is 12.1 Å². The molecule has 0 aliphatic carbocycles.